The van der Waals surface area contributed by atoms with E-state index in [-0.39, 0.29) is 5.56 Å². The highest BCUT2D eigenvalue weighted by Gasteiger charge is 2.20. The molecule has 0 radical (unpaired) electrons. The van der Waals surface area contributed by atoms with Crippen molar-refractivity contribution in [2.45, 2.75) is 13.2 Å². The van der Waals surface area contributed by atoms with Gasteiger partial charge in [0.25, 0.3) is 0 Å². The van der Waals surface area contributed by atoms with Crippen LogP contribution in [0.2, 0.25) is 0 Å². The van der Waals surface area contributed by atoms with E-state index in [1.54, 1.807) is 18.2 Å². The largest absolute Gasteiger partial charge is 0.372 e. The van der Waals surface area contributed by atoms with Crippen molar-refractivity contribution in [2.24, 2.45) is 0 Å². The zero-order chi connectivity index (χ0) is 13.4. The van der Waals surface area contributed by atoms with Crippen LogP contribution in [-0.2, 0) is 18.0 Å². The Hall–Kier alpha value is -2.07. The number of ketones is 1. The normalized spacial score (nSPS) is 13.4. The first-order chi connectivity index (χ1) is 9.16. The fraction of sp³-hybridized carbons (Fsp3) is 0.133. The molecule has 0 atom stereocenters. The molecule has 0 saturated heterocycles. The second-order valence-electron chi connectivity index (χ2n) is 4.40. The maximum absolute atomic E-state index is 13.6. The Morgan fingerprint density at radius 3 is 2.42 bits per heavy atom. The third kappa shape index (κ3) is 2.04. The van der Waals surface area contributed by atoms with Crippen LogP contribution < -0.4 is 0 Å². The molecule has 0 unspecified atom stereocenters. The van der Waals surface area contributed by atoms with Crippen LogP contribution >= 0.6 is 0 Å². The molecule has 0 bridgehead atoms. The molecule has 19 heavy (non-hydrogen) atoms. The van der Waals surface area contributed by atoms with Gasteiger partial charge in [0.15, 0.2) is 5.78 Å². The molecule has 0 saturated carbocycles. The highest BCUT2D eigenvalue weighted by atomic mass is 19.1. The lowest BCUT2D eigenvalue weighted by Crippen LogP contribution is -2.08. The SMILES string of the molecule is O=C(c1ccc2c(c1)COC2)c1c(F)cccc1F. The van der Waals surface area contributed by atoms with E-state index < -0.39 is 23.0 Å². The molecule has 0 amide bonds. The van der Waals surface area contributed by atoms with Gasteiger partial charge in [0.05, 0.1) is 18.8 Å². The number of hydrogen-bond acceptors (Lipinski definition) is 2. The summed E-state index contributed by atoms with van der Waals surface area (Å²) in [5, 5.41) is 0. The Balaban J connectivity index is 2.05. The number of ether oxygens (including phenoxy) is 1. The van der Waals surface area contributed by atoms with Crippen molar-refractivity contribution in [3.05, 3.63) is 70.3 Å². The van der Waals surface area contributed by atoms with E-state index in [1.807, 2.05) is 0 Å². The van der Waals surface area contributed by atoms with Gasteiger partial charge < -0.3 is 4.74 Å². The van der Waals surface area contributed by atoms with E-state index in [2.05, 4.69) is 0 Å². The molecule has 1 heterocycles. The number of fused-ring (bicyclic) bond motifs is 1. The zero-order valence-electron chi connectivity index (χ0n) is 9.95. The molecular weight excluding hydrogens is 250 g/mol. The van der Waals surface area contributed by atoms with Crippen LogP contribution in [0.5, 0.6) is 0 Å². The summed E-state index contributed by atoms with van der Waals surface area (Å²) in [6.07, 6.45) is 0. The molecule has 96 valence electrons. The van der Waals surface area contributed by atoms with Gasteiger partial charge in [0, 0.05) is 5.56 Å². The standard InChI is InChI=1S/C15H10F2O2/c16-12-2-1-3-13(17)14(12)15(18)9-4-5-10-7-19-8-11(10)6-9/h1-6H,7-8H2. The van der Waals surface area contributed by atoms with Crippen LogP contribution in [0.15, 0.2) is 36.4 Å². The minimum absolute atomic E-state index is 0.272. The second-order valence-corrected chi connectivity index (χ2v) is 4.40. The quantitative estimate of drug-likeness (QED) is 0.775. The molecule has 0 N–H and O–H groups in total. The summed E-state index contributed by atoms with van der Waals surface area (Å²) in [6, 6.07) is 8.35. The van der Waals surface area contributed by atoms with Crippen molar-refractivity contribution in [1.82, 2.24) is 0 Å². The molecule has 2 aromatic rings. The Morgan fingerprint density at radius 2 is 1.68 bits per heavy atom. The lowest BCUT2D eigenvalue weighted by molar-refractivity contribution is 0.103. The second kappa shape index (κ2) is 4.55. The topological polar surface area (TPSA) is 26.3 Å². The van der Waals surface area contributed by atoms with E-state index in [1.165, 1.54) is 6.07 Å². The number of carbonyl (C=O) groups is 1. The Bertz CT molecular complexity index is 645. The van der Waals surface area contributed by atoms with Crippen molar-refractivity contribution < 1.29 is 18.3 Å². The fourth-order valence-electron chi connectivity index (χ4n) is 2.17. The van der Waals surface area contributed by atoms with E-state index in [9.17, 15) is 13.6 Å². The van der Waals surface area contributed by atoms with Crippen molar-refractivity contribution in [3.63, 3.8) is 0 Å². The Morgan fingerprint density at radius 1 is 1.00 bits per heavy atom. The summed E-state index contributed by atoms with van der Waals surface area (Å²) >= 11 is 0. The van der Waals surface area contributed by atoms with Crippen LogP contribution in [0.4, 0.5) is 8.78 Å². The summed E-state index contributed by atoms with van der Waals surface area (Å²) in [4.78, 5) is 12.2. The minimum Gasteiger partial charge on any atom is -0.372 e. The first-order valence-corrected chi connectivity index (χ1v) is 5.85. The maximum Gasteiger partial charge on any atom is 0.198 e. The smallest absolute Gasteiger partial charge is 0.198 e. The molecule has 0 aliphatic carbocycles. The van der Waals surface area contributed by atoms with Crippen molar-refractivity contribution in [2.75, 3.05) is 0 Å². The predicted octanol–water partition coefficient (Wildman–Crippen LogP) is 3.23. The van der Waals surface area contributed by atoms with Gasteiger partial charge in [0.1, 0.15) is 11.6 Å². The number of benzene rings is 2. The summed E-state index contributed by atoms with van der Waals surface area (Å²) in [5.74, 6) is -2.34. The van der Waals surface area contributed by atoms with Crippen molar-refractivity contribution in [3.8, 4) is 0 Å². The van der Waals surface area contributed by atoms with Crippen LogP contribution in [-0.4, -0.2) is 5.78 Å². The Labute approximate surface area is 108 Å². The average Bonchev–Trinajstić information content (AvgIpc) is 2.85. The van der Waals surface area contributed by atoms with Crippen LogP contribution in [0.25, 0.3) is 0 Å². The molecule has 0 aromatic heterocycles. The maximum atomic E-state index is 13.6. The lowest BCUT2D eigenvalue weighted by Gasteiger charge is -2.05. The van der Waals surface area contributed by atoms with Gasteiger partial charge in [-0.3, -0.25) is 4.79 Å². The van der Waals surface area contributed by atoms with Gasteiger partial charge in [-0.1, -0.05) is 18.2 Å². The third-order valence-corrected chi connectivity index (χ3v) is 3.17. The highest BCUT2D eigenvalue weighted by Crippen LogP contribution is 2.23. The predicted molar refractivity (Wildman–Crippen MR) is 64.7 cm³/mol. The number of halogens is 2. The van der Waals surface area contributed by atoms with Gasteiger partial charge in [-0.25, -0.2) is 8.78 Å². The monoisotopic (exact) mass is 260 g/mol. The highest BCUT2D eigenvalue weighted by molar-refractivity contribution is 6.09. The molecular formula is C15H10F2O2. The number of rotatable bonds is 2. The zero-order valence-corrected chi connectivity index (χ0v) is 9.95. The van der Waals surface area contributed by atoms with Crippen LogP contribution in [0.1, 0.15) is 27.0 Å². The molecule has 2 aromatic carbocycles. The van der Waals surface area contributed by atoms with Gasteiger partial charge in [-0.2, -0.15) is 0 Å². The summed E-state index contributed by atoms with van der Waals surface area (Å²) in [7, 11) is 0. The van der Waals surface area contributed by atoms with Gasteiger partial charge >= 0.3 is 0 Å². The lowest BCUT2D eigenvalue weighted by atomic mass is 9.98. The van der Waals surface area contributed by atoms with Crippen molar-refractivity contribution >= 4 is 5.78 Å². The average molecular weight is 260 g/mol. The Kier molecular flexibility index (Phi) is 2.87. The molecule has 0 fully saturated rings. The molecule has 2 nitrogen and oxygen atoms in total. The number of hydrogen-bond donors (Lipinski definition) is 0. The summed E-state index contributed by atoms with van der Waals surface area (Å²) in [6.45, 7) is 0.939. The molecule has 0 spiro atoms. The van der Waals surface area contributed by atoms with Crippen LogP contribution in [0, 0.1) is 11.6 Å². The van der Waals surface area contributed by atoms with E-state index in [0.29, 0.717) is 13.2 Å². The first-order valence-electron chi connectivity index (χ1n) is 5.85. The fourth-order valence-corrected chi connectivity index (χ4v) is 2.17. The summed E-state index contributed by atoms with van der Waals surface area (Å²) in [5.41, 5.74) is 1.66. The van der Waals surface area contributed by atoms with E-state index >= 15 is 0 Å². The van der Waals surface area contributed by atoms with Gasteiger partial charge in [-0.05, 0) is 29.3 Å². The van der Waals surface area contributed by atoms with E-state index in [0.717, 1.165) is 23.3 Å². The van der Waals surface area contributed by atoms with E-state index in [4.69, 9.17) is 4.74 Å². The molecule has 1 aliphatic rings. The first kappa shape index (κ1) is 12.0. The minimum atomic E-state index is -0.846. The van der Waals surface area contributed by atoms with Crippen LogP contribution in [0.3, 0.4) is 0 Å². The molecule has 1 aliphatic heterocycles. The number of carbonyl (C=O) groups excluding carboxylic acids is 1. The molecule has 4 heteroatoms. The van der Waals surface area contributed by atoms with Gasteiger partial charge in [-0.15, -0.1) is 0 Å². The van der Waals surface area contributed by atoms with Gasteiger partial charge in [0.2, 0.25) is 0 Å². The van der Waals surface area contributed by atoms with Crippen molar-refractivity contribution in [1.29, 1.82) is 0 Å². The third-order valence-electron chi connectivity index (χ3n) is 3.17. The molecule has 3 rings (SSSR count). The summed E-state index contributed by atoms with van der Waals surface area (Å²) < 4.78 is 32.4.